The number of halogens is 1. The van der Waals surface area contributed by atoms with E-state index in [1.54, 1.807) is 0 Å². The summed E-state index contributed by atoms with van der Waals surface area (Å²) in [6.07, 6.45) is -3.99. The van der Waals surface area contributed by atoms with Crippen LogP contribution in [0.3, 0.4) is 0 Å². The smallest absolute Gasteiger partial charge is 0.337 e. The Labute approximate surface area is 108 Å². The molecule has 0 amide bonds. The Bertz CT molecular complexity index is 487. The Hall–Kier alpha value is -1.99. The van der Waals surface area contributed by atoms with Crippen molar-refractivity contribution in [2.24, 2.45) is 0 Å². The van der Waals surface area contributed by atoms with Gasteiger partial charge in [0, 0.05) is 0 Å². The summed E-state index contributed by atoms with van der Waals surface area (Å²) in [5.74, 6) is -3.08. The van der Waals surface area contributed by atoms with Gasteiger partial charge >= 0.3 is 11.9 Å². The third kappa shape index (κ3) is 3.73. The number of carboxylic acid groups (broad SMARTS) is 1. The zero-order chi connectivity index (χ0) is 14.6. The second kappa shape index (κ2) is 6.26. The monoisotopic (exact) mass is 272 g/mol. The first kappa shape index (κ1) is 15.1. The number of methoxy groups -OCH3 is 1. The summed E-state index contributed by atoms with van der Waals surface area (Å²) in [5.41, 5.74) is -0.111. The largest absolute Gasteiger partial charge is 0.481 e. The summed E-state index contributed by atoms with van der Waals surface area (Å²) in [5, 5.41) is 27.6. The van der Waals surface area contributed by atoms with Gasteiger partial charge in [0.15, 0.2) is 6.10 Å². The number of aliphatic carboxylic acids is 1. The Morgan fingerprint density at radius 1 is 1.37 bits per heavy atom. The van der Waals surface area contributed by atoms with E-state index in [0.717, 1.165) is 13.2 Å². The number of benzene rings is 1. The molecule has 0 radical (unpaired) electrons. The van der Waals surface area contributed by atoms with Crippen LogP contribution in [0.25, 0.3) is 0 Å². The van der Waals surface area contributed by atoms with Crippen LogP contribution in [-0.4, -0.2) is 40.5 Å². The zero-order valence-corrected chi connectivity index (χ0v) is 10.0. The average Bonchev–Trinajstić information content (AvgIpc) is 2.38. The molecular formula is C12H13FO6. The number of esters is 1. The van der Waals surface area contributed by atoms with E-state index >= 15 is 0 Å². The molecule has 1 aromatic carbocycles. The van der Waals surface area contributed by atoms with Gasteiger partial charge in [-0.05, 0) is 17.2 Å². The van der Waals surface area contributed by atoms with Crippen molar-refractivity contribution in [2.45, 2.75) is 18.6 Å². The standard InChI is InChI=1S/C12H13FO6/c1-19-12(18)11(17)10(16)7-3-2-6(5-9(14)15)8(13)4-7/h2-4,10-11,16-17H,5H2,1H3,(H,14,15). The Kier molecular flexibility index (Phi) is 4.96. The molecular weight excluding hydrogens is 259 g/mol. The summed E-state index contributed by atoms with van der Waals surface area (Å²) < 4.78 is 17.8. The molecule has 0 saturated heterocycles. The van der Waals surface area contributed by atoms with Crippen LogP contribution < -0.4 is 0 Å². The molecule has 6 nitrogen and oxygen atoms in total. The van der Waals surface area contributed by atoms with Gasteiger partial charge in [0.25, 0.3) is 0 Å². The summed E-state index contributed by atoms with van der Waals surface area (Å²) in [6.45, 7) is 0. The fraction of sp³-hybridized carbons (Fsp3) is 0.333. The van der Waals surface area contributed by atoms with E-state index < -0.39 is 36.4 Å². The Morgan fingerprint density at radius 2 is 2.00 bits per heavy atom. The van der Waals surface area contributed by atoms with E-state index in [1.807, 2.05) is 0 Å². The predicted octanol–water partition coefficient (Wildman–Crippen LogP) is 0.0201. The summed E-state index contributed by atoms with van der Waals surface area (Å²) in [4.78, 5) is 21.5. The van der Waals surface area contributed by atoms with Crippen LogP contribution in [0.1, 0.15) is 17.2 Å². The van der Waals surface area contributed by atoms with Crippen LogP contribution in [-0.2, 0) is 20.7 Å². The first-order valence-corrected chi connectivity index (χ1v) is 5.31. The fourth-order valence-electron chi connectivity index (χ4n) is 1.49. The molecule has 1 aromatic rings. The van der Waals surface area contributed by atoms with E-state index in [-0.39, 0.29) is 11.1 Å². The van der Waals surface area contributed by atoms with Crippen molar-refractivity contribution in [3.8, 4) is 0 Å². The number of carbonyl (C=O) groups is 2. The summed E-state index contributed by atoms with van der Waals surface area (Å²) >= 11 is 0. The molecule has 1 rings (SSSR count). The lowest BCUT2D eigenvalue weighted by atomic mass is 10.0. The molecule has 0 saturated carbocycles. The van der Waals surface area contributed by atoms with Crippen molar-refractivity contribution >= 4 is 11.9 Å². The maximum atomic E-state index is 13.5. The highest BCUT2D eigenvalue weighted by Gasteiger charge is 2.27. The number of hydrogen-bond donors (Lipinski definition) is 3. The minimum absolute atomic E-state index is 0.0514. The number of rotatable bonds is 5. The highest BCUT2D eigenvalue weighted by molar-refractivity contribution is 5.75. The van der Waals surface area contributed by atoms with Crippen LogP contribution >= 0.6 is 0 Å². The van der Waals surface area contributed by atoms with Gasteiger partial charge in [-0.1, -0.05) is 12.1 Å². The second-order valence-electron chi connectivity index (χ2n) is 3.83. The normalized spacial score (nSPS) is 13.7. The summed E-state index contributed by atoms with van der Waals surface area (Å²) in [6, 6.07) is 3.28. The summed E-state index contributed by atoms with van der Waals surface area (Å²) in [7, 11) is 1.04. The number of carboxylic acids is 1. The molecule has 0 fully saturated rings. The van der Waals surface area contributed by atoms with Gasteiger partial charge in [-0.15, -0.1) is 0 Å². The third-order valence-electron chi connectivity index (χ3n) is 2.50. The van der Waals surface area contributed by atoms with Crippen molar-refractivity contribution in [3.63, 3.8) is 0 Å². The van der Waals surface area contributed by atoms with Gasteiger partial charge in [-0.25, -0.2) is 9.18 Å². The Balaban J connectivity index is 2.94. The van der Waals surface area contributed by atoms with Crippen molar-refractivity contribution in [1.29, 1.82) is 0 Å². The highest BCUT2D eigenvalue weighted by atomic mass is 19.1. The lowest BCUT2D eigenvalue weighted by Crippen LogP contribution is -2.29. The van der Waals surface area contributed by atoms with Crippen LogP contribution in [0.2, 0.25) is 0 Å². The quantitative estimate of drug-likeness (QED) is 0.653. The Morgan fingerprint density at radius 3 is 2.47 bits per heavy atom. The van der Waals surface area contributed by atoms with E-state index in [1.165, 1.54) is 12.1 Å². The maximum Gasteiger partial charge on any atom is 0.337 e. The molecule has 0 spiro atoms. The molecule has 0 aromatic heterocycles. The first-order chi connectivity index (χ1) is 8.86. The van der Waals surface area contributed by atoms with Gasteiger partial charge in [-0.2, -0.15) is 0 Å². The molecule has 0 bridgehead atoms. The van der Waals surface area contributed by atoms with Crippen LogP contribution in [0.5, 0.6) is 0 Å². The van der Waals surface area contributed by atoms with Gasteiger partial charge < -0.3 is 20.1 Å². The third-order valence-corrected chi connectivity index (χ3v) is 2.50. The molecule has 2 unspecified atom stereocenters. The lowest BCUT2D eigenvalue weighted by molar-refractivity contribution is -0.156. The number of ether oxygens (including phenoxy) is 1. The van der Waals surface area contributed by atoms with E-state index in [9.17, 15) is 24.2 Å². The lowest BCUT2D eigenvalue weighted by Gasteiger charge is -2.16. The van der Waals surface area contributed by atoms with Crippen LogP contribution in [0.15, 0.2) is 18.2 Å². The fourth-order valence-corrected chi connectivity index (χ4v) is 1.49. The average molecular weight is 272 g/mol. The predicted molar refractivity (Wildman–Crippen MR) is 60.7 cm³/mol. The molecule has 19 heavy (non-hydrogen) atoms. The van der Waals surface area contributed by atoms with Crippen LogP contribution in [0, 0.1) is 5.82 Å². The number of aliphatic hydroxyl groups is 2. The van der Waals surface area contributed by atoms with Gasteiger partial charge in [0.1, 0.15) is 11.9 Å². The van der Waals surface area contributed by atoms with Crippen molar-refractivity contribution in [3.05, 3.63) is 35.1 Å². The molecule has 0 aliphatic carbocycles. The number of carbonyl (C=O) groups excluding carboxylic acids is 1. The van der Waals surface area contributed by atoms with E-state index in [0.29, 0.717) is 0 Å². The number of hydrogen-bond acceptors (Lipinski definition) is 5. The zero-order valence-electron chi connectivity index (χ0n) is 10.0. The molecule has 3 N–H and O–H groups in total. The minimum Gasteiger partial charge on any atom is -0.481 e. The first-order valence-electron chi connectivity index (χ1n) is 5.31. The molecule has 0 aliphatic rings. The van der Waals surface area contributed by atoms with Crippen LogP contribution in [0.4, 0.5) is 4.39 Å². The number of aliphatic hydroxyl groups excluding tert-OH is 2. The van der Waals surface area contributed by atoms with Gasteiger partial charge in [0.2, 0.25) is 0 Å². The van der Waals surface area contributed by atoms with E-state index in [2.05, 4.69) is 4.74 Å². The molecule has 104 valence electrons. The maximum absolute atomic E-state index is 13.5. The van der Waals surface area contributed by atoms with Gasteiger partial charge in [-0.3, -0.25) is 4.79 Å². The van der Waals surface area contributed by atoms with Gasteiger partial charge in [0.05, 0.1) is 13.5 Å². The topological polar surface area (TPSA) is 104 Å². The van der Waals surface area contributed by atoms with Crippen molar-refractivity contribution in [1.82, 2.24) is 0 Å². The highest BCUT2D eigenvalue weighted by Crippen LogP contribution is 2.21. The van der Waals surface area contributed by atoms with Crippen molar-refractivity contribution in [2.75, 3.05) is 7.11 Å². The van der Waals surface area contributed by atoms with E-state index in [4.69, 9.17) is 5.11 Å². The molecule has 0 aliphatic heterocycles. The molecule has 2 atom stereocenters. The van der Waals surface area contributed by atoms with Crippen molar-refractivity contribution < 1.29 is 34.0 Å². The SMILES string of the molecule is COC(=O)C(O)C(O)c1ccc(CC(=O)O)c(F)c1. The molecule has 0 heterocycles. The molecule has 7 heteroatoms. The minimum atomic E-state index is -1.84. The second-order valence-corrected chi connectivity index (χ2v) is 3.83.